The Morgan fingerprint density at radius 1 is 1.23 bits per heavy atom. The van der Waals surface area contributed by atoms with Gasteiger partial charge in [-0.25, -0.2) is 4.39 Å². The highest BCUT2D eigenvalue weighted by molar-refractivity contribution is 5.85. The van der Waals surface area contributed by atoms with Crippen molar-refractivity contribution in [1.29, 1.82) is 0 Å². The number of likely N-dealkylation sites (tertiary alicyclic amines) is 2. The van der Waals surface area contributed by atoms with Crippen molar-refractivity contribution in [1.82, 2.24) is 9.80 Å². The second-order valence-corrected chi connectivity index (χ2v) is 6.44. The van der Waals surface area contributed by atoms with E-state index in [1.165, 1.54) is 12.1 Å². The number of hydrogen-bond acceptors (Lipinski definition) is 2. The van der Waals surface area contributed by atoms with Crippen molar-refractivity contribution < 1.29 is 14.0 Å². The molecule has 0 saturated carbocycles. The van der Waals surface area contributed by atoms with Gasteiger partial charge in [0.25, 0.3) is 0 Å². The Morgan fingerprint density at radius 3 is 2.50 bits per heavy atom. The summed E-state index contributed by atoms with van der Waals surface area (Å²) in [7, 11) is 1.85. The molecule has 3 rings (SSSR count). The van der Waals surface area contributed by atoms with E-state index >= 15 is 0 Å². The molecule has 0 radical (unpaired) electrons. The van der Waals surface area contributed by atoms with Gasteiger partial charge in [-0.15, -0.1) is 0 Å². The van der Waals surface area contributed by atoms with Gasteiger partial charge in [0.15, 0.2) is 0 Å². The van der Waals surface area contributed by atoms with Gasteiger partial charge >= 0.3 is 0 Å². The quantitative estimate of drug-likeness (QED) is 0.836. The van der Waals surface area contributed by atoms with E-state index in [0.29, 0.717) is 18.7 Å². The Balaban J connectivity index is 1.59. The molecule has 0 N–H and O–H groups in total. The Kier molecular flexibility index (Phi) is 3.89. The molecule has 0 aromatic heterocycles. The Hall–Kier alpha value is -1.91. The zero-order chi connectivity index (χ0) is 15.7. The first-order valence-corrected chi connectivity index (χ1v) is 7.78. The summed E-state index contributed by atoms with van der Waals surface area (Å²) in [5.74, 6) is -0.0773. The summed E-state index contributed by atoms with van der Waals surface area (Å²) in [5, 5.41) is 0. The molecular weight excluding hydrogens is 283 g/mol. The molecule has 4 nitrogen and oxygen atoms in total. The van der Waals surface area contributed by atoms with E-state index in [1.807, 2.05) is 11.9 Å². The van der Waals surface area contributed by atoms with Crippen LogP contribution in [-0.4, -0.2) is 48.3 Å². The van der Waals surface area contributed by atoms with Crippen molar-refractivity contribution in [3.8, 4) is 0 Å². The summed E-state index contributed by atoms with van der Waals surface area (Å²) in [6, 6.07) is 6.16. The number of amides is 2. The van der Waals surface area contributed by atoms with Crippen LogP contribution in [0.3, 0.4) is 0 Å². The maximum Gasteiger partial charge on any atom is 0.228 e. The van der Waals surface area contributed by atoms with Crippen molar-refractivity contribution in [3.63, 3.8) is 0 Å². The minimum absolute atomic E-state index is 0.0132. The fourth-order valence-electron chi connectivity index (χ4n) is 3.58. The first-order chi connectivity index (χ1) is 10.5. The van der Waals surface area contributed by atoms with Gasteiger partial charge in [-0.1, -0.05) is 12.1 Å². The fraction of sp³-hybridized carbons (Fsp3) is 0.529. The van der Waals surface area contributed by atoms with Gasteiger partial charge in [0.05, 0.1) is 11.8 Å². The molecule has 2 fully saturated rings. The van der Waals surface area contributed by atoms with Gasteiger partial charge in [0.1, 0.15) is 5.82 Å². The van der Waals surface area contributed by atoms with Gasteiger partial charge in [-0.2, -0.15) is 0 Å². The van der Waals surface area contributed by atoms with E-state index in [0.717, 1.165) is 25.8 Å². The van der Waals surface area contributed by atoms with Crippen molar-refractivity contribution in [2.24, 2.45) is 5.41 Å². The van der Waals surface area contributed by atoms with Crippen LogP contribution in [0.5, 0.6) is 0 Å². The molecule has 2 amide bonds. The summed E-state index contributed by atoms with van der Waals surface area (Å²) in [6.07, 6.45) is 2.60. The van der Waals surface area contributed by atoms with Crippen LogP contribution in [-0.2, 0) is 16.0 Å². The number of benzene rings is 1. The minimum Gasteiger partial charge on any atom is -0.345 e. The zero-order valence-corrected chi connectivity index (χ0v) is 12.8. The first-order valence-electron chi connectivity index (χ1n) is 7.78. The van der Waals surface area contributed by atoms with E-state index in [-0.39, 0.29) is 29.5 Å². The second-order valence-electron chi connectivity index (χ2n) is 6.44. The molecule has 1 aromatic carbocycles. The first kappa shape index (κ1) is 15.0. The number of nitrogens with zero attached hydrogens (tertiary/aromatic N) is 2. The predicted octanol–water partition coefficient (Wildman–Crippen LogP) is 1.84. The molecule has 1 spiro atoms. The molecular formula is C17H21FN2O2. The van der Waals surface area contributed by atoms with E-state index in [1.54, 1.807) is 17.0 Å². The van der Waals surface area contributed by atoms with Crippen LogP contribution in [0.15, 0.2) is 24.3 Å². The molecule has 2 aliphatic rings. The minimum atomic E-state index is -0.317. The molecule has 1 aromatic rings. The largest absolute Gasteiger partial charge is 0.345 e. The van der Waals surface area contributed by atoms with Crippen LogP contribution in [0.1, 0.15) is 24.8 Å². The molecule has 0 atom stereocenters. The van der Waals surface area contributed by atoms with Gasteiger partial charge in [-0.05, 0) is 37.0 Å². The molecule has 118 valence electrons. The summed E-state index contributed by atoms with van der Waals surface area (Å²) < 4.78 is 13.2. The Bertz CT molecular complexity index is 594. The molecule has 2 saturated heterocycles. The van der Waals surface area contributed by atoms with Crippen LogP contribution in [0.25, 0.3) is 0 Å². The standard InChI is InChI=1S/C17H21FN2O2/c1-19-8-5-17(16(19)22)6-9-20(10-7-17)15(21)12-13-3-2-4-14(18)11-13/h2-4,11H,5-10,12H2,1H3. The number of hydrogen-bond donors (Lipinski definition) is 0. The van der Waals surface area contributed by atoms with Crippen molar-refractivity contribution in [2.45, 2.75) is 25.7 Å². The lowest BCUT2D eigenvalue weighted by atomic mass is 9.77. The van der Waals surface area contributed by atoms with Gasteiger partial charge in [-0.3, -0.25) is 9.59 Å². The van der Waals surface area contributed by atoms with Crippen molar-refractivity contribution in [2.75, 3.05) is 26.7 Å². The maximum absolute atomic E-state index is 13.2. The van der Waals surface area contributed by atoms with Gasteiger partial charge in [0, 0.05) is 26.7 Å². The fourth-order valence-corrected chi connectivity index (χ4v) is 3.58. The van der Waals surface area contributed by atoms with E-state index in [2.05, 4.69) is 0 Å². The monoisotopic (exact) mass is 304 g/mol. The molecule has 2 heterocycles. The Morgan fingerprint density at radius 2 is 1.91 bits per heavy atom. The zero-order valence-electron chi connectivity index (χ0n) is 12.8. The highest BCUT2D eigenvalue weighted by atomic mass is 19.1. The summed E-state index contributed by atoms with van der Waals surface area (Å²) >= 11 is 0. The number of rotatable bonds is 2. The average molecular weight is 304 g/mol. The van der Waals surface area contributed by atoms with Crippen LogP contribution in [0, 0.1) is 11.2 Å². The van der Waals surface area contributed by atoms with E-state index in [4.69, 9.17) is 0 Å². The molecule has 0 unspecified atom stereocenters. The van der Waals surface area contributed by atoms with Gasteiger partial charge < -0.3 is 9.80 Å². The van der Waals surface area contributed by atoms with Crippen LogP contribution < -0.4 is 0 Å². The molecule has 0 bridgehead atoms. The van der Waals surface area contributed by atoms with Crippen LogP contribution in [0.2, 0.25) is 0 Å². The lowest BCUT2D eigenvalue weighted by molar-refractivity contribution is -0.141. The third kappa shape index (κ3) is 2.72. The lowest BCUT2D eigenvalue weighted by Gasteiger charge is -2.37. The van der Waals surface area contributed by atoms with Crippen LogP contribution in [0.4, 0.5) is 4.39 Å². The molecule has 5 heteroatoms. The predicted molar refractivity (Wildman–Crippen MR) is 80.6 cm³/mol. The summed E-state index contributed by atoms with van der Waals surface area (Å²) in [5.41, 5.74) is 0.451. The van der Waals surface area contributed by atoms with E-state index in [9.17, 15) is 14.0 Å². The lowest BCUT2D eigenvalue weighted by Crippen LogP contribution is -2.46. The highest BCUT2D eigenvalue weighted by Crippen LogP contribution is 2.40. The SMILES string of the molecule is CN1CCC2(CCN(C(=O)Cc3cccc(F)c3)CC2)C1=O. The third-order valence-corrected chi connectivity index (χ3v) is 5.04. The third-order valence-electron chi connectivity index (χ3n) is 5.04. The molecule has 2 aliphatic heterocycles. The average Bonchev–Trinajstić information content (AvgIpc) is 2.77. The summed E-state index contributed by atoms with van der Waals surface area (Å²) in [4.78, 5) is 28.2. The molecule has 0 aliphatic carbocycles. The number of piperidine rings is 1. The number of carbonyl (C=O) groups excluding carboxylic acids is 2. The van der Waals surface area contributed by atoms with E-state index < -0.39 is 0 Å². The molecule has 22 heavy (non-hydrogen) atoms. The number of halogens is 1. The smallest absolute Gasteiger partial charge is 0.228 e. The summed E-state index contributed by atoms with van der Waals surface area (Å²) in [6.45, 7) is 2.05. The number of carbonyl (C=O) groups is 2. The Labute approximate surface area is 129 Å². The maximum atomic E-state index is 13.2. The van der Waals surface area contributed by atoms with Crippen LogP contribution >= 0.6 is 0 Å². The van der Waals surface area contributed by atoms with Crippen molar-refractivity contribution in [3.05, 3.63) is 35.6 Å². The second kappa shape index (κ2) is 5.71. The normalized spacial score (nSPS) is 20.7. The van der Waals surface area contributed by atoms with Crippen molar-refractivity contribution >= 4 is 11.8 Å². The topological polar surface area (TPSA) is 40.6 Å². The van der Waals surface area contributed by atoms with Gasteiger partial charge in [0.2, 0.25) is 11.8 Å². The highest BCUT2D eigenvalue weighted by Gasteiger charge is 2.47.